The van der Waals surface area contributed by atoms with Crippen molar-refractivity contribution in [1.29, 1.82) is 0 Å². The number of ketones is 1. The molecule has 0 aliphatic carbocycles. The molecular formula is C22H26N2O3. The number of nitrogens with zero attached hydrogens (tertiary/aromatic N) is 1. The Balaban J connectivity index is 1.50. The molecule has 0 radical (unpaired) electrons. The van der Waals surface area contributed by atoms with E-state index in [0.29, 0.717) is 26.1 Å². The van der Waals surface area contributed by atoms with Crippen LogP contribution in [-0.4, -0.2) is 36.9 Å². The molecule has 1 fully saturated rings. The van der Waals surface area contributed by atoms with Crippen molar-refractivity contribution in [2.45, 2.75) is 25.8 Å². The molecule has 2 aromatic rings. The average Bonchev–Trinajstić information content (AvgIpc) is 2.73. The van der Waals surface area contributed by atoms with Crippen LogP contribution in [0.1, 0.15) is 24.0 Å². The SMILES string of the molecule is COc1ccc(CNC(=O)N2CCC[C@H](C(=O)Cc3ccccc3)C2)cc1. The molecular weight excluding hydrogens is 340 g/mol. The maximum absolute atomic E-state index is 12.6. The number of rotatable bonds is 6. The molecule has 1 N–H and O–H groups in total. The van der Waals surface area contributed by atoms with Gasteiger partial charge in [0.05, 0.1) is 7.11 Å². The molecule has 1 aliphatic rings. The van der Waals surface area contributed by atoms with Crippen LogP contribution in [0.4, 0.5) is 4.79 Å². The molecule has 5 nitrogen and oxygen atoms in total. The summed E-state index contributed by atoms with van der Waals surface area (Å²) in [5.41, 5.74) is 2.04. The highest BCUT2D eigenvalue weighted by atomic mass is 16.5. The van der Waals surface area contributed by atoms with Crippen LogP contribution in [0.15, 0.2) is 54.6 Å². The number of carbonyl (C=O) groups excluding carboxylic acids is 2. The molecule has 5 heteroatoms. The van der Waals surface area contributed by atoms with E-state index >= 15 is 0 Å². The highest BCUT2D eigenvalue weighted by Crippen LogP contribution is 2.19. The number of hydrogen-bond donors (Lipinski definition) is 1. The third-order valence-electron chi connectivity index (χ3n) is 4.99. The van der Waals surface area contributed by atoms with E-state index in [1.165, 1.54) is 0 Å². The quantitative estimate of drug-likeness (QED) is 0.852. The lowest BCUT2D eigenvalue weighted by Gasteiger charge is -2.32. The molecule has 1 saturated heterocycles. The van der Waals surface area contributed by atoms with E-state index in [0.717, 1.165) is 29.7 Å². The van der Waals surface area contributed by atoms with E-state index in [4.69, 9.17) is 4.74 Å². The first-order valence-corrected chi connectivity index (χ1v) is 9.38. The van der Waals surface area contributed by atoms with Crippen molar-refractivity contribution in [2.24, 2.45) is 5.92 Å². The second kappa shape index (κ2) is 9.21. The average molecular weight is 366 g/mol. The van der Waals surface area contributed by atoms with Crippen molar-refractivity contribution >= 4 is 11.8 Å². The summed E-state index contributed by atoms with van der Waals surface area (Å²) >= 11 is 0. The summed E-state index contributed by atoms with van der Waals surface area (Å²) in [6.45, 7) is 1.66. The minimum Gasteiger partial charge on any atom is -0.497 e. The highest BCUT2D eigenvalue weighted by Gasteiger charge is 2.28. The number of urea groups is 1. The molecule has 0 bridgehead atoms. The Morgan fingerprint density at radius 2 is 1.81 bits per heavy atom. The Morgan fingerprint density at radius 3 is 2.52 bits per heavy atom. The predicted molar refractivity (Wildman–Crippen MR) is 105 cm³/mol. The standard InChI is InChI=1S/C22H26N2O3/c1-27-20-11-9-18(10-12-20)15-23-22(26)24-13-5-8-19(16-24)21(25)14-17-6-3-2-4-7-17/h2-4,6-7,9-12,19H,5,8,13-16H2,1H3,(H,23,26)/t19-/m0/s1. The first-order chi connectivity index (χ1) is 13.2. The first-order valence-electron chi connectivity index (χ1n) is 9.38. The Hall–Kier alpha value is -2.82. The van der Waals surface area contributed by atoms with Crippen molar-refractivity contribution in [3.05, 3.63) is 65.7 Å². The van der Waals surface area contributed by atoms with Gasteiger partial charge in [-0.3, -0.25) is 4.79 Å². The lowest BCUT2D eigenvalue weighted by atomic mass is 9.90. The summed E-state index contributed by atoms with van der Waals surface area (Å²) in [5.74, 6) is 0.931. The predicted octanol–water partition coefficient (Wildman–Crippen LogP) is 3.43. The van der Waals surface area contributed by atoms with Crippen LogP contribution < -0.4 is 10.1 Å². The summed E-state index contributed by atoms with van der Waals surface area (Å²) in [7, 11) is 1.63. The molecule has 0 saturated carbocycles. The monoisotopic (exact) mass is 366 g/mol. The van der Waals surface area contributed by atoms with E-state index in [1.807, 2.05) is 54.6 Å². The van der Waals surface area contributed by atoms with Crippen LogP contribution in [0.25, 0.3) is 0 Å². The topological polar surface area (TPSA) is 58.6 Å². The van der Waals surface area contributed by atoms with Crippen LogP contribution in [0, 0.1) is 5.92 Å². The van der Waals surface area contributed by atoms with Crippen LogP contribution in [0.3, 0.4) is 0 Å². The maximum Gasteiger partial charge on any atom is 0.317 e. The first kappa shape index (κ1) is 19.0. The van der Waals surface area contributed by atoms with Gasteiger partial charge >= 0.3 is 6.03 Å². The number of piperidine rings is 1. The molecule has 27 heavy (non-hydrogen) atoms. The molecule has 3 rings (SSSR count). The highest BCUT2D eigenvalue weighted by molar-refractivity contribution is 5.84. The lowest BCUT2D eigenvalue weighted by Crippen LogP contribution is -2.47. The molecule has 1 aliphatic heterocycles. The van der Waals surface area contributed by atoms with E-state index in [-0.39, 0.29) is 17.7 Å². The molecule has 1 atom stereocenters. The fraction of sp³-hybridized carbons (Fsp3) is 0.364. The Bertz CT molecular complexity index is 759. The normalized spacial score (nSPS) is 16.6. The molecule has 1 heterocycles. The third kappa shape index (κ3) is 5.33. The van der Waals surface area contributed by atoms with Crippen molar-refractivity contribution in [3.8, 4) is 5.75 Å². The van der Waals surface area contributed by atoms with Gasteiger partial charge in [0.2, 0.25) is 0 Å². The van der Waals surface area contributed by atoms with Gasteiger partial charge in [-0.2, -0.15) is 0 Å². The fourth-order valence-corrected chi connectivity index (χ4v) is 3.40. The fourth-order valence-electron chi connectivity index (χ4n) is 3.40. The van der Waals surface area contributed by atoms with Crippen molar-refractivity contribution in [3.63, 3.8) is 0 Å². The Kier molecular flexibility index (Phi) is 6.47. The number of likely N-dealkylation sites (tertiary alicyclic amines) is 1. The zero-order chi connectivity index (χ0) is 19.1. The smallest absolute Gasteiger partial charge is 0.317 e. The number of nitrogens with one attached hydrogen (secondary N) is 1. The second-order valence-corrected chi connectivity index (χ2v) is 6.92. The van der Waals surface area contributed by atoms with Gasteiger partial charge in [-0.1, -0.05) is 42.5 Å². The van der Waals surface area contributed by atoms with E-state index in [9.17, 15) is 9.59 Å². The van der Waals surface area contributed by atoms with Gasteiger partial charge in [0.25, 0.3) is 0 Å². The van der Waals surface area contributed by atoms with E-state index in [1.54, 1.807) is 12.0 Å². The summed E-state index contributed by atoms with van der Waals surface area (Å²) in [6.07, 6.45) is 2.15. The summed E-state index contributed by atoms with van der Waals surface area (Å²) < 4.78 is 5.14. The van der Waals surface area contributed by atoms with Crippen LogP contribution in [0.5, 0.6) is 5.75 Å². The summed E-state index contributed by atoms with van der Waals surface area (Å²) in [5, 5.41) is 2.95. The zero-order valence-corrected chi connectivity index (χ0v) is 15.7. The van der Waals surface area contributed by atoms with Crippen molar-refractivity contribution in [1.82, 2.24) is 10.2 Å². The Morgan fingerprint density at radius 1 is 1.07 bits per heavy atom. The van der Waals surface area contributed by atoms with Crippen LogP contribution >= 0.6 is 0 Å². The number of benzene rings is 2. The van der Waals surface area contributed by atoms with Crippen LogP contribution in [-0.2, 0) is 17.8 Å². The molecule has 2 amide bonds. The lowest BCUT2D eigenvalue weighted by molar-refractivity contribution is -0.123. The van der Waals surface area contributed by atoms with Crippen molar-refractivity contribution in [2.75, 3.05) is 20.2 Å². The minimum absolute atomic E-state index is 0.0781. The number of hydrogen-bond acceptors (Lipinski definition) is 3. The van der Waals surface area contributed by atoms with Gasteiger partial charge < -0.3 is 15.0 Å². The molecule has 0 aromatic heterocycles. The van der Waals surface area contributed by atoms with Crippen LogP contribution in [0.2, 0.25) is 0 Å². The van der Waals surface area contributed by atoms with Gasteiger partial charge in [0.1, 0.15) is 11.5 Å². The molecule has 0 spiro atoms. The number of amides is 2. The molecule has 2 aromatic carbocycles. The third-order valence-corrected chi connectivity index (χ3v) is 4.99. The Labute approximate surface area is 160 Å². The van der Waals surface area contributed by atoms with Gasteiger partial charge in [-0.25, -0.2) is 4.79 Å². The number of Topliss-reactive ketones (excluding diaryl/α,β-unsaturated/α-hetero) is 1. The molecule has 142 valence electrons. The van der Waals surface area contributed by atoms with E-state index < -0.39 is 0 Å². The van der Waals surface area contributed by atoms with Gasteiger partial charge in [-0.05, 0) is 36.1 Å². The van der Waals surface area contributed by atoms with Gasteiger partial charge in [0, 0.05) is 32.0 Å². The number of ether oxygens (including phenoxy) is 1. The van der Waals surface area contributed by atoms with Gasteiger partial charge in [0.15, 0.2) is 0 Å². The largest absolute Gasteiger partial charge is 0.497 e. The van der Waals surface area contributed by atoms with Gasteiger partial charge in [-0.15, -0.1) is 0 Å². The maximum atomic E-state index is 12.6. The molecule has 0 unspecified atom stereocenters. The van der Waals surface area contributed by atoms with Crippen molar-refractivity contribution < 1.29 is 14.3 Å². The minimum atomic E-state index is -0.108. The number of carbonyl (C=O) groups is 2. The summed E-state index contributed by atoms with van der Waals surface area (Å²) in [6, 6.07) is 17.3. The second-order valence-electron chi connectivity index (χ2n) is 6.92. The van der Waals surface area contributed by atoms with E-state index in [2.05, 4.69) is 5.32 Å². The summed E-state index contributed by atoms with van der Waals surface area (Å²) in [4.78, 5) is 26.9. The zero-order valence-electron chi connectivity index (χ0n) is 15.7. The number of methoxy groups -OCH3 is 1.